The lowest BCUT2D eigenvalue weighted by molar-refractivity contribution is 0.102. The molecule has 0 saturated heterocycles. The summed E-state index contributed by atoms with van der Waals surface area (Å²) >= 11 is 2.95. The highest BCUT2D eigenvalue weighted by atomic mass is 79.9. The molecule has 0 amide bonds. The van der Waals surface area contributed by atoms with Gasteiger partial charge in [0.2, 0.25) is 0 Å². The van der Waals surface area contributed by atoms with E-state index in [0.29, 0.717) is 6.07 Å². The predicted molar refractivity (Wildman–Crippen MR) is 69.9 cm³/mol. The van der Waals surface area contributed by atoms with E-state index in [9.17, 15) is 18.0 Å². The number of ketones is 1. The van der Waals surface area contributed by atoms with Gasteiger partial charge < -0.3 is 0 Å². The van der Waals surface area contributed by atoms with Gasteiger partial charge in [-0.25, -0.2) is 13.2 Å². The normalized spacial score (nSPS) is 10.5. The van der Waals surface area contributed by atoms with Crippen LogP contribution in [0.25, 0.3) is 11.1 Å². The molecule has 0 aliphatic carbocycles. The Kier molecular flexibility index (Phi) is 4.04. The fourth-order valence-corrected chi connectivity index (χ4v) is 2.09. The van der Waals surface area contributed by atoms with Gasteiger partial charge in [0.15, 0.2) is 5.78 Å². The molecule has 0 heterocycles. The first-order valence-corrected chi connectivity index (χ1v) is 6.50. The van der Waals surface area contributed by atoms with Gasteiger partial charge in [-0.05, 0) is 23.8 Å². The van der Waals surface area contributed by atoms with E-state index in [1.807, 2.05) is 0 Å². The van der Waals surface area contributed by atoms with Gasteiger partial charge in [-0.15, -0.1) is 0 Å². The number of Topliss-reactive ketones (excluding diaryl/α,β-unsaturated/α-hetero) is 1. The fourth-order valence-electron chi connectivity index (χ4n) is 1.81. The van der Waals surface area contributed by atoms with Crippen molar-refractivity contribution in [2.75, 3.05) is 5.33 Å². The second-order valence-corrected chi connectivity index (χ2v) is 4.40. The molecular formula is C14H8BrF3O. The molecule has 0 aromatic heterocycles. The molecule has 19 heavy (non-hydrogen) atoms. The number of benzene rings is 2. The average Bonchev–Trinajstić information content (AvgIpc) is 2.37. The number of hydrogen-bond donors (Lipinski definition) is 0. The lowest BCUT2D eigenvalue weighted by atomic mass is 9.96. The number of halogens is 4. The maximum atomic E-state index is 13.7. The quantitative estimate of drug-likeness (QED) is 0.604. The van der Waals surface area contributed by atoms with Crippen molar-refractivity contribution in [1.29, 1.82) is 0 Å². The van der Waals surface area contributed by atoms with Crippen molar-refractivity contribution in [2.24, 2.45) is 0 Å². The molecule has 0 saturated carbocycles. The van der Waals surface area contributed by atoms with Crippen molar-refractivity contribution in [1.82, 2.24) is 0 Å². The molecular weight excluding hydrogens is 321 g/mol. The van der Waals surface area contributed by atoms with Gasteiger partial charge in [0.05, 0.1) is 10.9 Å². The van der Waals surface area contributed by atoms with E-state index >= 15 is 0 Å². The Bertz CT molecular complexity index is 641. The first-order chi connectivity index (χ1) is 9.04. The first kappa shape index (κ1) is 13.8. The van der Waals surface area contributed by atoms with Gasteiger partial charge in [-0.3, -0.25) is 4.79 Å². The van der Waals surface area contributed by atoms with Crippen LogP contribution in [0.15, 0.2) is 36.4 Å². The van der Waals surface area contributed by atoms with Crippen molar-refractivity contribution in [3.63, 3.8) is 0 Å². The van der Waals surface area contributed by atoms with Gasteiger partial charge in [-0.1, -0.05) is 28.1 Å². The highest BCUT2D eigenvalue weighted by Gasteiger charge is 2.18. The van der Waals surface area contributed by atoms with E-state index in [-0.39, 0.29) is 22.0 Å². The third kappa shape index (κ3) is 2.71. The fraction of sp³-hybridized carbons (Fsp3) is 0.0714. The molecule has 98 valence electrons. The van der Waals surface area contributed by atoms with Crippen LogP contribution < -0.4 is 0 Å². The van der Waals surface area contributed by atoms with Gasteiger partial charge in [0, 0.05) is 11.6 Å². The minimum Gasteiger partial charge on any atom is -0.293 e. The molecule has 0 aliphatic heterocycles. The maximum absolute atomic E-state index is 13.7. The number of carbonyl (C=O) groups excluding carboxylic acids is 1. The molecule has 0 atom stereocenters. The monoisotopic (exact) mass is 328 g/mol. The molecule has 2 aromatic rings. The van der Waals surface area contributed by atoms with Crippen molar-refractivity contribution in [3.8, 4) is 11.1 Å². The van der Waals surface area contributed by atoms with E-state index in [0.717, 1.165) is 12.1 Å². The molecule has 0 fully saturated rings. The van der Waals surface area contributed by atoms with E-state index < -0.39 is 23.2 Å². The van der Waals surface area contributed by atoms with Crippen LogP contribution in [-0.2, 0) is 0 Å². The summed E-state index contributed by atoms with van der Waals surface area (Å²) in [5.74, 6) is -2.80. The largest absolute Gasteiger partial charge is 0.293 e. The van der Waals surface area contributed by atoms with Gasteiger partial charge in [0.25, 0.3) is 0 Å². The predicted octanol–water partition coefficient (Wildman–Crippen LogP) is 4.35. The summed E-state index contributed by atoms with van der Waals surface area (Å²) < 4.78 is 40.4. The summed E-state index contributed by atoms with van der Waals surface area (Å²) in [6.45, 7) is 0. The molecule has 0 radical (unpaired) electrons. The van der Waals surface area contributed by atoms with Crippen LogP contribution >= 0.6 is 15.9 Å². The standard InChI is InChI=1S/C14H8BrF3O/c15-7-13(19)14-10(2-1-3-11(14)17)9-5-4-8(16)6-12(9)18/h1-6H,7H2. The first-order valence-electron chi connectivity index (χ1n) is 5.37. The molecule has 0 bridgehead atoms. The lowest BCUT2D eigenvalue weighted by Gasteiger charge is -2.10. The zero-order valence-corrected chi connectivity index (χ0v) is 11.2. The zero-order chi connectivity index (χ0) is 14.0. The summed E-state index contributed by atoms with van der Waals surface area (Å²) in [5.41, 5.74) is -0.1000. The maximum Gasteiger partial charge on any atom is 0.176 e. The van der Waals surface area contributed by atoms with Crippen molar-refractivity contribution in [3.05, 3.63) is 59.4 Å². The molecule has 5 heteroatoms. The minimum absolute atomic E-state index is 0.00907. The molecule has 0 unspecified atom stereocenters. The average molecular weight is 329 g/mol. The summed E-state index contributed by atoms with van der Waals surface area (Å²) in [5, 5.41) is -0.0796. The topological polar surface area (TPSA) is 17.1 Å². The lowest BCUT2D eigenvalue weighted by Crippen LogP contribution is -2.06. The summed E-state index contributed by atoms with van der Waals surface area (Å²) in [6.07, 6.45) is 0. The van der Waals surface area contributed by atoms with E-state index in [1.165, 1.54) is 18.2 Å². The summed E-state index contributed by atoms with van der Waals surface area (Å²) in [6, 6.07) is 6.87. The molecule has 2 aromatic carbocycles. The summed E-state index contributed by atoms with van der Waals surface area (Å²) in [4.78, 5) is 11.7. The van der Waals surface area contributed by atoms with Crippen LogP contribution in [0.3, 0.4) is 0 Å². The number of alkyl halides is 1. The Labute approximate surface area is 116 Å². The Hall–Kier alpha value is -1.62. The summed E-state index contributed by atoms with van der Waals surface area (Å²) in [7, 11) is 0. The number of hydrogen-bond acceptors (Lipinski definition) is 1. The smallest absolute Gasteiger partial charge is 0.176 e. The molecule has 2 rings (SSSR count). The Morgan fingerprint density at radius 2 is 1.74 bits per heavy atom. The van der Waals surface area contributed by atoms with Crippen LogP contribution in [0.4, 0.5) is 13.2 Å². The molecule has 0 spiro atoms. The van der Waals surface area contributed by atoms with Crippen LogP contribution in [0.2, 0.25) is 0 Å². The van der Waals surface area contributed by atoms with E-state index in [1.54, 1.807) is 0 Å². The molecule has 0 aliphatic rings. The van der Waals surface area contributed by atoms with Crippen molar-refractivity contribution in [2.45, 2.75) is 0 Å². The van der Waals surface area contributed by atoms with E-state index in [4.69, 9.17) is 0 Å². The molecule has 1 nitrogen and oxygen atoms in total. The second-order valence-electron chi connectivity index (χ2n) is 3.84. The minimum atomic E-state index is -0.839. The highest BCUT2D eigenvalue weighted by molar-refractivity contribution is 9.09. The van der Waals surface area contributed by atoms with Crippen LogP contribution in [0.1, 0.15) is 10.4 Å². The highest BCUT2D eigenvalue weighted by Crippen LogP contribution is 2.29. The molecule has 0 N–H and O–H groups in total. The second kappa shape index (κ2) is 5.57. The number of rotatable bonds is 3. The van der Waals surface area contributed by atoms with Crippen molar-refractivity contribution >= 4 is 21.7 Å². The SMILES string of the molecule is O=C(CBr)c1c(F)cccc1-c1ccc(F)cc1F. The number of carbonyl (C=O) groups is 1. The van der Waals surface area contributed by atoms with Gasteiger partial charge in [0.1, 0.15) is 17.5 Å². The Morgan fingerprint density at radius 3 is 2.37 bits per heavy atom. The van der Waals surface area contributed by atoms with Crippen LogP contribution in [0.5, 0.6) is 0 Å². The Balaban J connectivity index is 2.68. The third-order valence-corrected chi connectivity index (χ3v) is 3.14. The van der Waals surface area contributed by atoms with Crippen molar-refractivity contribution < 1.29 is 18.0 Å². The van der Waals surface area contributed by atoms with Crippen LogP contribution in [-0.4, -0.2) is 11.1 Å². The Morgan fingerprint density at radius 1 is 1.00 bits per heavy atom. The van der Waals surface area contributed by atoms with Gasteiger partial charge in [-0.2, -0.15) is 0 Å². The van der Waals surface area contributed by atoms with Gasteiger partial charge >= 0.3 is 0 Å². The zero-order valence-electron chi connectivity index (χ0n) is 9.59. The third-order valence-electron chi connectivity index (χ3n) is 2.64. The van der Waals surface area contributed by atoms with E-state index in [2.05, 4.69) is 15.9 Å². The van der Waals surface area contributed by atoms with Crippen LogP contribution in [0, 0.1) is 17.5 Å².